The number of aliphatic hydroxyl groups excluding tert-OH is 2. The molecule has 0 fully saturated rings. The Morgan fingerprint density at radius 2 is 1.72 bits per heavy atom. The fourth-order valence-electron chi connectivity index (χ4n) is 5.45. The van der Waals surface area contributed by atoms with Gasteiger partial charge in [0, 0.05) is 24.2 Å². The lowest BCUT2D eigenvalue weighted by molar-refractivity contribution is -0.136. The Morgan fingerprint density at radius 1 is 0.974 bits per heavy atom. The fourth-order valence-corrected chi connectivity index (χ4v) is 5.45. The number of rotatable bonds is 9. The van der Waals surface area contributed by atoms with Crippen LogP contribution in [0.3, 0.4) is 0 Å². The Balaban J connectivity index is 1.51. The largest absolute Gasteiger partial charge is 0.486 e. The van der Waals surface area contributed by atoms with Crippen molar-refractivity contribution in [2.24, 2.45) is 0 Å². The Morgan fingerprint density at radius 3 is 2.49 bits per heavy atom. The number of halogens is 1. The van der Waals surface area contributed by atoms with Crippen LogP contribution in [-0.2, 0) is 22.4 Å². The average Bonchev–Trinajstić information content (AvgIpc) is 3.34. The number of ether oxygens (including phenoxy) is 1. The molecule has 0 spiro atoms. The number of nitrogens with zero attached hydrogens (tertiary/aromatic N) is 1. The highest BCUT2D eigenvalue weighted by Crippen LogP contribution is 2.47. The molecule has 0 saturated carbocycles. The van der Waals surface area contributed by atoms with Crippen molar-refractivity contribution in [2.75, 3.05) is 19.7 Å². The van der Waals surface area contributed by atoms with Gasteiger partial charge in [0.25, 0.3) is 0 Å². The van der Waals surface area contributed by atoms with E-state index in [1.54, 1.807) is 29.2 Å². The first-order chi connectivity index (χ1) is 19.0. The summed E-state index contributed by atoms with van der Waals surface area (Å²) < 4.78 is 20.0. The molecule has 2 amide bonds. The first-order valence-electron chi connectivity index (χ1n) is 13.1. The summed E-state index contributed by atoms with van der Waals surface area (Å²) in [6, 6.07) is 22.0. The zero-order valence-corrected chi connectivity index (χ0v) is 21.4. The quantitative estimate of drug-likeness (QED) is 0.395. The summed E-state index contributed by atoms with van der Waals surface area (Å²) >= 11 is 0. The smallest absolute Gasteiger partial charge is 0.247 e. The number of amides is 2. The average molecular weight is 531 g/mol. The number of hydrogen-bond donors (Lipinski definition) is 3. The van der Waals surface area contributed by atoms with Crippen molar-refractivity contribution in [1.29, 1.82) is 0 Å². The molecule has 0 aromatic heterocycles. The van der Waals surface area contributed by atoms with E-state index < -0.39 is 30.1 Å². The molecule has 3 N–H and O–H groups in total. The summed E-state index contributed by atoms with van der Waals surface area (Å²) in [5.41, 5.74) is 2.69. The van der Waals surface area contributed by atoms with Crippen molar-refractivity contribution < 1.29 is 28.9 Å². The zero-order chi connectivity index (χ0) is 27.4. The standard InChI is InChI=1S/C31H31FN2O5/c32-22-10-6-9-21(17-22)13-15-34(27(36)18-20-7-2-1-3-8-20)25-19-24(31(38)33-14-16-35)28-23-11-4-5-12-26(23)39-30(28)29(25)37/h1-12,17,19,25,28-30,35,37H,13-16,18H2,(H,33,38). The van der Waals surface area contributed by atoms with E-state index in [1.165, 1.54) is 12.1 Å². The van der Waals surface area contributed by atoms with Gasteiger partial charge >= 0.3 is 0 Å². The van der Waals surface area contributed by atoms with Gasteiger partial charge in [0.05, 0.1) is 25.0 Å². The molecule has 4 unspecified atom stereocenters. The summed E-state index contributed by atoms with van der Waals surface area (Å²) in [5, 5.41) is 23.6. The summed E-state index contributed by atoms with van der Waals surface area (Å²) in [7, 11) is 0. The summed E-state index contributed by atoms with van der Waals surface area (Å²) in [5.74, 6) is -0.940. The number of para-hydroxylation sites is 1. The zero-order valence-electron chi connectivity index (χ0n) is 21.4. The van der Waals surface area contributed by atoms with E-state index in [2.05, 4.69) is 5.32 Å². The number of aliphatic hydroxyl groups is 2. The second-order valence-electron chi connectivity index (χ2n) is 9.81. The number of carbonyl (C=O) groups is 2. The minimum absolute atomic E-state index is 0.0690. The first-order valence-corrected chi connectivity index (χ1v) is 13.1. The van der Waals surface area contributed by atoms with E-state index in [1.807, 2.05) is 48.5 Å². The van der Waals surface area contributed by atoms with E-state index in [9.17, 15) is 24.2 Å². The highest BCUT2D eigenvalue weighted by molar-refractivity contribution is 5.96. The van der Waals surface area contributed by atoms with Gasteiger partial charge in [-0.3, -0.25) is 9.59 Å². The van der Waals surface area contributed by atoms with Crippen LogP contribution in [0.4, 0.5) is 4.39 Å². The topological polar surface area (TPSA) is 99.1 Å². The number of benzene rings is 3. The number of carbonyl (C=O) groups excluding carboxylic acids is 2. The predicted molar refractivity (Wildman–Crippen MR) is 144 cm³/mol. The van der Waals surface area contributed by atoms with Gasteiger partial charge < -0.3 is 25.2 Å². The normalized spacial score (nSPS) is 21.3. The van der Waals surface area contributed by atoms with Crippen LogP contribution in [0.2, 0.25) is 0 Å². The molecule has 2 aliphatic rings. The Kier molecular flexibility index (Phi) is 8.05. The Labute approximate surface area is 226 Å². The van der Waals surface area contributed by atoms with Crippen LogP contribution < -0.4 is 10.1 Å². The lowest BCUT2D eigenvalue weighted by atomic mass is 9.77. The molecule has 1 aliphatic carbocycles. The van der Waals surface area contributed by atoms with Crippen LogP contribution >= 0.6 is 0 Å². The van der Waals surface area contributed by atoms with Crippen LogP contribution in [0.15, 0.2) is 90.5 Å². The number of hydrogen-bond acceptors (Lipinski definition) is 5. The van der Waals surface area contributed by atoms with Crippen LogP contribution in [0, 0.1) is 5.82 Å². The van der Waals surface area contributed by atoms with Crippen LogP contribution in [0.1, 0.15) is 22.6 Å². The van der Waals surface area contributed by atoms with Gasteiger partial charge in [-0.1, -0.05) is 60.7 Å². The molecule has 202 valence electrons. The fraction of sp³-hybridized carbons (Fsp3) is 0.290. The molecular weight excluding hydrogens is 499 g/mol. The highest BCUT2D eigenvalue weighted by Gasteiger charge is 2.50. The van der Waals surface area contributed by atoms with Crippen LogP contribution in [-0.4, -0.2) is 64.9 Å². The molecule has 39 heavy (non-hydrogen) atoms. The second-order valence-corrected chi connectivity index (χ2v) is 9.81. The number of fused-ring (bicyclic) bond motifs is 3. The van der Waals surface area contributed by atoms with Crippen molar-refractivity contribution in [1.82, 2.24) is 10.2 Å². The maximum Gasteiger partial charge on any atom is 0.247 e. The molecule has 3 aromatic carbocycles. The molecule has 0 radical (unpaired) electrons. The molecule has 8 heteroatoms. The van der Waals surface area contributed by atoms with Gasteiger partial charge in [-0.15, -0.1) is 0 Å². The minimum atomic E-state index is -1.12. The van der Waals surface area contributed by atoms with E-state index in [-0.39, 0.29) is 37.8 Å². The second kappa shape index (κ2) is 11.8. The minimum Gasteiger partial charge on any atom is -0.486 e. The predicted octanol–water partition coefficient (Wildman–Crippen LogP) is 2.76. The molecule has 7 nitrogen and oxygen atoms in total. The van der Waals surface area contributed by atoms with E-state index in [4.69, 9.17) is 4.74 Å². The van der Waals surface area contributed by atoms with Crippen molar-refractivity contribution in [3.05, 3.63) is 113 Å². The van der Waals surface area contributed by atoms with Gasteiger partial charge in [-0.05, 0) is 41.8 Å². The Bertz CT molecular complexity index is 1360. The molecule has 1 heterocycles. The van der Waals surface area contributed by atoms with Gasteiger partial charge in [0.2, 0.25) is 11.8 Å². The lowest BCUT2D eigenvalue weighted by Crippen LogP contribution is -2.56. The van der Waals surface area contributed by atoms with Crippen molar-refractivity contribution in [3.8, 4) is 5.75 Å². The van der Waals surface area contributed by atoms with Gasteiger partial charge in [0.15, 0.2) is 0 Å². The summed E-state index contributed by atoms with van der Waals surface area (Å²) in [6.07, 6.45) is 0.203. The van der Waals surface area contributed by atoms with Gasteiger partial charge in [0.1, 0.15) is 23.8 Å². The van der Waals surface area contributed by atoms with E-state index in [0.29, 0.717) is 23.3 Å². The molecule has 4 atom stereocenters. The monoisotopic (exact) mass is 530 g/mol. The third kappa shape index (κ3) is 5.72. The summed E-state index contributed by atoms with van der Waals surface area (Å²) in [6.45, 7) is 0.0459. The van der Waals surface area contributed by atoms with Crippen molar-refractivity contribution >= 4 is 11.8 Å². The third-order valence-corrected chi connectivity index (χ3v) is 7.29. The number of nitrogens with one attached hydrogen (secondary N) is 1. The molecule has 1 aliphatic heterocycles. The third-order valence-electron chi connectivity index (χ3n) is 7.29. The van der Waals surface area contributed by atoms with Crippen molar-refractivity contribution in [3.63, 3.8) is 0 Å². The first kappa shape index (κ1) is 26.6. The molecule has 3 aromatic rings. The van der Waals surface area contributed by atoms with E-state index in [0.717, 1.165) is 11.1 Å². The lowest BCUT2D eigenvalue weighted by Gasteiger charge is -2.41. The Hall–Kier alpha value is -4.01. The summed E-state index contributed by atoms with van der Waals surface area (Å²) in [4.78, 5) is 28.6. The highest BCUT2D eigenvalue weighted by atomic mass is 19.1. The molecule has 0 saturated heterocycles. The van der Waals surface area contributed by atoms with Crippen LogP contribution in [0.5, 0.6) is 5.75 Å². The molecule has 5 rings (SSSR count). The van der Waals surface area contributed by atoms with Gasteiger partial charge in [-0.2, -0.15) is 0 Å². The van der Waals surface area contributed by atoms with Gasteiger partial charge in [-0.25, -0.2) is 4.39 Å². The molecule has 0 bridgehead atoms. The maximum absolute atomic E-state index is 13.9. The SMILES string of the molecule is O=C(NCCO)C1=CC(N(CCc2cccc(F)c2)C(=O)Cc2ccccc2)C(O)C2Oc3ccccc3C12. The maximum atomic E-state index is 13.9. The molecular formula is C31H31FN2O5. The van der Waals surface area contributed by atoms with Crippen LogP contribution in [0.25, 0.3) is 0 Å². The van der Waals surface area contributed by atoms with E-state index >= 15 is 0 Å². The van der Waals surface area contributed by atoms with Crippen molar-refractivity contribution in [2.45, 2.75) is 37.0 Å².